The van der Waals surface area contributed by atoms with E-state index < -0.39 is 0 Å². The minimum absolute atomic E-state index is 0.0390. The molecular formula is C9H12N2. The number of nitrogens with zero attached hydrogens (tertiary/aromatic N) is 2. The molecule has 1 aliphatic carbocycles. The number of hydrogen-bond donors (Lipinski definition) is 0. The van der Waals surface area contributed by atoms with Gasteiger partial charge in [-0.25, -0.2) is 0 Å². The standard InChI is InChI=1S/C9H12N2/c1-7-5-9(7,3-4-10)8(2)6-11/h7-8H,3,5H2,1-2H3. The van der Waals surface area contributed by atoms with E-state index >= 15 is 0 Å². The van der Waals surface area contributed by atoms with Crippen molar-refractivity contribution >= 4 is 0 Å². The first kappa shape index (κ1) is 8.08. The molecule has 3 atom stereocenters. The zero-order valence-corrected chi connectivity index (χ0v) is 6.96. The number of rotatable bonds is 2. The van der Waals surface area contributed by atoms with Crippen LogP contribution < -0.4 is 0 Å². The lowest BCUT2D eigenvalue weighted by Gasteiger charge is -2.13. The van der Waals surface area contributed by atoms with Gasteiger partial charge in [0.2, 0.25) is 0 Å². The molecular weight excluding hydrogens is 136 g/mol. The molecule has 11 heavy (non-hydrogen) atoms. The Kier molecular flexibility index (Phi) is 1.87. The normalized spacial score (nSPS) is 36.9. The Balaban J connectivity index is 2.67. The molecule has 2 heteroatoms. The highest BCUT2D eigenvalue weighted by atomic mass is 14.6. The molecule has 0 heterocycles. The predicted octanol–water partition coefficient (Wildman–Crippen LogP) is 2.09. The molecule has 2 nitrogen and oxygen atoms in total. The van der Waals surface area contributed by atoms with Gasteiger partial charge in [-0.2, -0.15) is 10.5 Å². The third-order valence-corrected chi connectivity index (χ3v) is 2.97. The second kappa shape index (κ2) is 2.55. The molecule has 1 fully saturated rings. The van der Waals surface area contributed by atoms with Crippen molar-refractivity contribution < 1.29 is 0 Å². The van der Waals surface area contributed by atoms with E-state index in [-0.39, 0.29) is 11.3 Å². The molecule has 0 radical (unpaired) electrons. The summed E-state index contributed by atoms with van der Waals surface area (Å²) in [6, 6.07) is 4.40. The van der Waals surface area contributed by atoms with Crippen LogP contribution in [0.15, 0.2) is 0 Å². The molecule has 58 valence electrons. The van der Waals surface area contributed by atoms with E-state index in [1.54, 1.807) is 0 Å². The average molecular weight is 148 g/mol. The molecule has 0 aliphatic heterocycles. The molecule has 3 unspecified atom stereocenters. The predicted molar refractivity (Wildman–Crippen MR) is 41.2 cm³/mol. The molecule has 0 aromatic rings. The van der Waals surface area contributed by atoms with Gasteiger partial charge in [0.1, 0.15) is 0 Å². The highest BCUT2D eigenvalue weighted by molar-refractivity contribution is 5.12. The van der Waals surface area contributed by atoms with Gasteiger partial charge in [-0.15, -0.1) is 0 Å². The Morgan fingerprint density at radius 2 is 2.18 bits per heavy atom. The minimum Gasteiger partial charge on any atom is -0.198 e. The molecule has 1 aliphatic rings. The smallest absolute Gasteiger partial charge is 0.0659 e. The van der Waals surface area contributed by atoms with Crippen LogP contribution in [-0.2, 0) is 0 Å². The zero-order valence-electron chi connectivity index (χ0n) is 6.96. The van der Waals surface area contributed by atoms with E-state index in [1.807, 2.05) is 6.92 Å². The largest absolute Gasteiger partial charge is 0.198 e. The van der Waals surface area contributed by atoms with Crippen molar-refractivity contribution in [2.24, 2.45) is 17.3 Å². The van der Waals surface area contributed by atoms with Crippen molar-refractivity contribution in [1.29, 1.82) is 10.5 Å². The van der Waals surface area contributed by atoms with E-state index in [2.05, 4.69) is 19.1 Å². The Labute approximate surface area is 67.4 Å². The van der Waals surface area contributed by atoms with Crippen molar-refractivity contribution in [3.63, 3.8) is 0 Å². The maximum atomic E-state index is 8.70. The highest BCUT2D eigenvalue weighted by Crippen LogP contribution is 2.59. The summed E-state index contributed by atoms with van der Waals surface area (Å²) in [6.07, 6.45) is 1.60. The summed E-state index contributed by atoms with van der Waals surface area (Å²) in [6.45, 7) is 4.03. The lowest BCUT2D eigenvalue weighted by molar-refractivity contribution is 0.379. The highest BCUT2D eigenvalue weighted by Gasteiger charge is 2.54. The van der Waals surface area contributed by atoms with Gasteiger partial charge in [0.25, 0.3) is 0 Å². The third-order valence-electron chi connectivity index (χ3n) is 2.97. The number of nitriles is 2. The monoisotopic (exact) mass is 148 g/mol. The Bertz CT molecular complexity index is 233. The van der Waals surface area contributed by atoms with Crippen molar-refractivity contribution in [1.82, 2.24) is 0 Å². The summed E-state index contributed by atoms with van der Waals surface area (Å²) < 4.78 is 0. The van der Waals surface area contributed by atoms with Gasteiger partial charge in [-0.1, -0.05) is 6.92 Å². The van der Waals surface area contributed by atoms with E-state index in [4.69, 9.17) is 10.5 Å². The average Bonchev–Trinajstić information content (AvgIpc) is 2.62. The Morgan fingerprint density at radius 3 is 2.45 bits per heavy atom. The quantitative estimate of drug-likeness (QED) is 0.602. The van der Waals surface area contributed by atoms with Crippen molar-refractivity contribution in [2.75, 3.05) is 0 Å². The van der Waals surface area contributed by atoms with E-state index in [0.717, 1.165) is 6.42 Å². The van der Waals surface area contributed by atoms with Crippen LogP contribution in [0.5, 0.6) is 0 Å². The molecule has 0 amide bonds. The fourth-order valence-electron chi connectivity index (χ4n) is 1.79. The maximum absolute atomic E-state index is 8.70. The molecule has 0 bridgehead atoms. The third kappa shape index (κ3) is 1.10. The fourth-order valence-corrected chi connectivity index (χ4v) is 1.79. The van der Waals surface area contributed by atoms with Crippen LogP contribution >= 0.6 is 0 Å². The van der Waals surface area contributed by atoms with Crippen LogP contribution in [0.3, 0.4) is 0 Å². The topological polar surface area (TPSA) is 47.6 Å². The second-order valence-electron chi connectivity index (χ2n) is 3.52. The van der Waals surface area contributed by atoms with Gasteiger partial charge < -0.3 is 0 Å². The van der Waals surface area contributed by atoms with Crippen LogP contribution in [-0.4, -0.2) is 0 Å². The van der Waals surface area contributed by atoms with Crippen LogP contribution in [0.2, 0.25) is 0 Å². The Morgan fingerprint density at radius 1 is 1.64 bits per heavy atom. The summed E-state index contributed by atoms with van der Waals surface area (Å²) >= 11 is 0. The fraction of sp³-hybridized carbons (Fsp3) is 0.778. The van der Waals surface area contributed by atoms with E-state index in [1.165, 1.54) is 0 Å². The van der Waals surface area contributed by atoms with Gasteiger partial charge >= 0.3 is 0 Å². The second-order valence-corrected chi connectivity index (χ2v) is 3.52. The summed E-state index contributed by atoms with van der Waals surface area (Å²) in [5.74, 6) is 0.606. The van der Waals surface area contributed by atoms with Crippen molar-refractivity contribution in [2.45, 2.75) is 26.7 Å². The summed E-state index contributed by atoms with van der Waals surface area (Å²) in [5.41, 5.74) is 0.0451. The van der Waals surface area contributed by atoms with Crippen LogP contribution in [0.25, 0.3) is 0 Å². The summed E-state index contributed by atoms with van der Waals surface area (Å²) in [4.78, 5) is 0. The molecule has 1 saturated carbocycles. The first-order valence-electron chi connectivity index (χ1n) is 3.94. The van der Waals surface area contributed by atoms with Crippen molar-refractivity contribution in [3.8, 4) is 12.1 Å². The molecule has 0 spiro atoms. The van der Waals surface area contributed by atoms with Gasteiger partial charge in [0.15, 0.2) is 0 Å². The summed E-state index contributed by atoms with van der Waals surface area (Å²) in [5, 5.41) is 17.2. The maximum Gasteiger partial charge on any atom is 0.0659 e. The number of hydrogen-bond acceptors (Lipinski definition) is 2. The van der Waals surface area contributed by atoms with Gasteiger partial charge in [-0.05, 0) is 19.3 Å². The molecule has 0 saturated heterocycles. The van der Waals surface area contributed by atoms with Crippen LogP contribution in [0.1, 0.15) is 26.7 Å². The van der Waals surface area contributed by atoms with Crippen molar-refractivity contribution in [3.05, 3.63) is 0 Å². The van der Waals surface area contributed by atoms with Crippen LogP contribution in [0, 0.1) is 39.9 Å². The molecule has 0 N–H and O–H groups in total. The zero-order chi connectivity index (χ0) is 8.48. The minimum atomic E-state index is 0.0390. The lowest BCUT2D eigenvalue weighted by Crippen LogP contribution is -2.12. The molecule has 0 aromatic carbocycles. The summed E-state index contributed by atoms with van der Waals surface area (Å²) in [7, 11) is 0. The molecule has 1 rings (SSSR count). The van der Waals surface area contributed by atoms with E-state index in [9.17, 15) is 0 Å². The lowest BCUT2D eigenvalue weighted by atomic mass is 9.87. The Hall–Kier alpha value is -1.02. The van der Waals surface area contributed by atoms with Gasteiger partial charge in [0.05, 0.1) is 18.1 Å². The first-order chi connectivity index (χ1) is 5.17. The SMILES string of the molecule is CC(C#N)C1(CC#N)CC1C. The van der Waals surface area contributed by atoms with Crippen LogP contribution in [0.4, 0.5) is 0 Å². The molecule has 0 aromatic heterocycles. The van der Waals surface area contributed by atoms with E-state index in [0.29, 0.717) is 12.3 Å². The van der Waals surface area contributed by atoms with Gasteiger partial charge in [0, 0.05) is 11.8 Å². The van der Waals surface area contributed by atoms with Gasteiger partial charge in [-0.3, -0.25) is 0 Å². The first-order valence-corrected chi connectivity index (χ1v) is 3.94.